The summed E-state index contributed by atoms with van der Waals surface area (Å²) in [5.74, 6) is 0. The molecule has 0 aromatic rings. The molecular formula is C32H61O24P5S. The molecule has 5 heterocycles. The molecule has 0 aromatic carbocycles. The first-order valence-electron chi connectivity index (χ1n) is 21.4. The predicted molar refractivity (Wildman–Crippen MR) is 216 cm³/mol. The van der Waals surface area contributed by atoms with E-state index < -0.39 is 157 Å². The van der Waals surface area contributed by atoms with Crippen LogP contribution in [0.15, 0.2) is 0 Å². The van der Waals surface area contributed by atoms with Crippen LogP contribution in [0, 0.1) is 5.41 Å². The van der Waals surface area contributed by atoms with Crippen molar-refractivity contribution in [3.05, 3.63) is 0 Å². The van der Waals surface area contributed by atoms with Gasteiger partial charge in [0, 0.05) is 59.0 Å². The Bertz CT molecular complexity index is 1820. The van der Waals surface area contributed by atoms with Gasteiger partial charge in [0.2, 0.25) is 0 Å². The van der Waals surface area contributed by atoms with Crippen LogP contribution >= 0.6 is 38.0 Å². The number of ether oxygens (including phenoxy) is 5. The van der Waals surface area contributed by atoms with Crippen LogP contribution in [0.3, 0.4) is 0 Å². The molecule has 0 saturated carbocycles. The maximum Gasteiger partial charge on any atom is 0.472 e. The minimum absolute atomic E-state index is 0.0276. The smallest absolute Gasteiger partial charge is 0.375 e. The third-order valence-corrected chi connectivity index (χ3v) is 15.4. The van der Waals surface area contributed by atoms with Crippen molar-refractivity contribution in [1.29, 1.82) is 0 Å². The highest BCUT2D eigenvalue weighted by Crippen LogP contribution is 2.53. The summed E-state index contributed by atoms with van der Waals surface area (Å²) in [5, 5.41) is 0. The molecule has 10 unspecified atom stereocenters. The van der Waals surface area contributed by atoms with Crippen LogP contribution in [0.25, 0.3) is 0 Å². The summed E-state index contributed by atoms with van der Waals surface area (Å²) in [6, 6.07) is 0. The third-order valence-electron chi connectivity index (χ3n) is 9.81. The van der Waals surface area contributed by atoms with E-state index in [1.165, 1.54) is 0 Å². The summed E-state index contributed by atoms with van der Waals surface area (Å²) < 4.78 is 155. The van der Waals surface area contributed by atoms with Crippen molar-refractivity contribution in [3.63, 3.8) is 0 Å². The van der Waals surface area contributed by atoms with Crippen molar-refractivity contribution in [2.24, 2.45) is 5.41 Å². The van der Waals surface area contributed by atoms with Crippen LogP contribution in [-0.4, -0.2) is 151 Å². The molecule has 20 atom stereocenters. The lowest BCUT2D eigenvalue weighted by atomic mass is 9.88. The molecule has 0 radical (unpaired) electrons. The number of phosphoric ester groups is 4. The average Bonchev–Trinajstić information content (AvgIpc) is 3.95. The van der Waals surface area contributed by atoms with Crippen molar-refractivity contribution < 1.29 is 116 Å². The Hall–Kier alpha value is 0.770. The van der Waals surface area contributed by atoms with E-state index >= 15 is 0 Å². The van der Waals surface area contributed by atoms with E-state index in [0.29, 0.717) is 6.42 Å². The lowest BCUT2D eigenvalue weighted by Crippen LogP contribution is -2.32. The minimum Gasteiger partial charge on any atom is -0.375 e. The molecule has 0 aliphatic carbocycles. The standard InChI is InChI=1S/C32H61O24P5S/c1-20-13-25(54-57(33,34)42-6)30(50-20)18-48-60(39,40)55-26-14-21(2)51-31(26)19-47-59(37,38)52-23-8-11-44-28(23)16-46-58(35,36)53-24-9-12-45-29(24)17-49-61(41,62)56-22-7-10-43-27(22)15-32(3,4)5/h20-31H,7-19H2,1-6H3,(H,33,34)(H,35,36)(H,37,38)(H,39,40)(H,41,62)/t20-,21-,22?,23?,24?,25?,26?,27+,28+,29+,30+,31+,61?/m0/s1/i10T,11T,12T/t10-,11-,12-,20-,21-,22?,23?,24?,25?,26?,27+,28+,29+,30+,31+,61?. The van der Waals surface area contributed by atoms with Crippen molar-refractivity contribution in [2.75, 3.05) is 53.3 Å². The van der Waals surface area contributed by atoms with Crippen molar-refractivity contribution in [1.82, 2.24) is 0 Å². The SMILES string of the molecule is [3H][C@H]1CC(OP(=O)(O)OC[C@H]2O[C@@H](C)CC2OP(=O)(O)OC[C@H]2O[C@@H](C)CC2OP(=O)(O)OC)[C@@H](COP(=O)(O)OC2C[C@H]([3H])O[C@@H]2COP(O)(=S)OC2C[C@H]([3H])O[C@@H]2CC(C)(C)C)O1. The van der Waals surface area contributed by atoms with E-state index in [9.17, 15) is 42.7 Å². The van der Waals surface area contributed by atoms with Gasteiger partial charge in [-0.2, -0.15) is 0 Å². The van der Waals surface area contributed by atoms with E-state index in [1.54, 1.807) is 13.8 Å². The Morgan fingerprint density at radius 3 is 1.34 bits per heavy atom. The van der Waals surface area contributed by atoms with Gasteiger partial charge in [0.15, 0.2) is 0 Å². The monoisotopic (exact) mass is 1020 g/mol. The van der Waals surface area contributed by atoms with Crippen molar-refractivity contribution in [3.8, 4) is 0 Å². The van der Waals surface area contributed by atoms with Gasteiger partial charge in [-0.15, -0.1) is 0 Å². The molecule has 0 bridgehead atoms. The normalized spacial score (nSPS) is 42.3. The zero-order chi connectivity index (χ0) is 48.3. The molecule has 5 aliphatic rings. The van der Waals surface area contributed by atoms with Gasteiger partial charge >= 0.3 is 38.0 Å². The second-order valence-electron chi connectivity index (χ2n) is 16.4. The first-order valence-corrected chi connectivity index (χ1v) is 28.2. The Morgan fingerprint density at radius 1 is 0.565 bits per heavy atom. The summed E-state index contributed by atoms with van der Waals surface area (Å²) in [6.07, 6.45) is -11.7. The first-order chi connectivity index (χ1) is 29.9. The van der Waals surface area contributed by atoms with E-state index in [2.05, 4.69) is 4.52 Å². The molecule has 5 rings (SSSR count). The second kappa shape index (κ2) is 22.5. The third kappa shape index (κ3) is 17.4. The molecule has 5 N–H and O–H groups in total. The highest BCUT2D eigenvalue weighted by Gasteiger charge is 2.46. The highest BCUT2D eigenvalue weighted by atomic mass is 32.5. The summed E-state index contributed by atoms with van der Waals surface area (Å²) >= 11 is 5.19. The van der Waals surface area contributed by atoms with Crippen LogP contribution in [0.2, 0.25) is 0 Å². The van der Waals surface area contributed by atoms with Crippen LogP contribution in [0.4, 0.5) is 0 Å². The Labute approximate surface area is 369 Å². The molecule has 30 heteroatoms. The van der Waals surface area contributed by atoms with Crippen LogP contribution in [0.5, 0.6) is 0 Å². The Kier molecular flexibility index (Phi) is 17.8. The summed E-state index contributed by atoms with van der Waals surface area (Å²) in [7, 11) is -18.4. The number of rotatable bonds is 24. The molecule has 5 fully saturated rings. The van der Waals surface area contributed by atoms with Gasteiger partial charge < -0.3 is 57.2 Å². The molecule has 62 heavy (non-hydrogen) atoms. The second-order valence-corrected chi connectivity index (χ2v) is 24.9. The molecule has 5 saturated heterocycles. The number of hydrogen-bond donors (Lipinski definition) is 5. The quantitative estimate of drug-likeness (QED) is 0.0837. The minimum atomic E-state index is -5.03. The predicted octanol–water partition coefficient (Wildman–Crippen LogP) is 4.40. The van der Waals surface area contributed by atoms with E-state index in [4.69, 9.17) is 80.3 Å². The fourth-order valence-corrected chi connectivity index (χ4v) is 12.0. The maximum atomic E-state index is 13.1. The van der Waals surface area contributed by atoms with Gasteiger partial charge in [0.05, 0.1) is 55.0 Å². The Balaban J connectivity index is 1.09. The zero-order valence-corrected chi connectivity index (χ0v) is 40.2. The fourth-order valence-electron chi connectivity index (χ4n) is 7.00. The molecule has 24 nitrogen and oxygen atoms in total. The van der Waals surface area contributed by atoms with Crippen LogP contribution in [-0.2, 0) is 99.0 Å². The van der Waals surface area contributed by atoms with Gasteiger partial charge in [-0.3, -0.25) is 36.2 Å². The summed E-state index contributed by atoms with van der Waals surface area (Å²) in [6.45, 7) is -0.794. The van der Waals surface area contributed by atoms with Gasteiger partial charge in [-0.25, -0.2) is 18.3 Å². The molecule has 0 aromatic heterocycles. The van der Waals surface area contributed by atoms with Gasteiger partial charge in [-0.1, -0.05) is 20.8 Å². The van der Waals surface area contributed by atoms with Gasteiger partial charge in [0.25, 0.3) is 0 Å². The molecule has 5 aliphatic heterocycles. The zero-order valence-electron chi connectivity index (χ0n) is 37.9. The van der Waals surface area contributed by atoms with Crippen molar-refractivity contribution in [2.45, 2.75) is 146 Å². The number of phosphoric acid groups is 4. The maximum absolute atomic E-state index is 13.1. The Morgan fingerprint density at radius 2 is 0.919 bits per heavy atom. The van der Waals surface area contributed by atoms with E-state index in [-0.39, 0.29) is 37.5 Å². The summed E-state index contributed by atoms with van der Waals surface area (Å²) in [5.41, 5.74) is -0.183. The first kappa shape index (κ1) is 49.2. The molecular weight excluding hydrogens is 955 g/mol. The molecule has 0 amide bonds. The largest absolute Gasteiger partial charge is 0.472 e. The van der Waals surface area contributed by atoms with Gasteiger partial charge in [0.1, 0.15) is 48.8 Å². The van der Waals surface area contributed by atoms with E-state index in [1.807, 2.05) is 20.8 Å². The molecule has 364 valence electrons. The summed E-state index contributed by atoms with van der Waals surface area (Å²) in [4.78, 5) is 52.3. The lowest BCUT2D eigenvalue weighted by Gasteiger charge is -2.29. The topological polar surface area (TPSA) is 308 Å². The average molecular weight is 1020 g/mol. The fraction of sp³-hybridized carbons (Fsp3) is 1.00. The van der Waals surface area contributed by atoms with Crippen molar-refractivity contribution >= 4 is 49.8 Å². The van der Waals surface area contributed by atoms with Crippen LogP contribution < -0.4 is 0 Å². The number of hydrogen-bond acceptors (Lipinski definition) is 20. The van der Waals surface area contributed by atoms with Crippen LogP contribution in [0.1, 0.15) is 77.3 Å². The molecule has 0 spiro atoms. The van der Waals surface area contributed by atoms with E-state index in [0.717, 1.165) is 7.11 Å². The van der Waals surface area contributed by atoms with Gasteiger partial charge in [-0.05, 0) is 37.5 Å². The highest BCUT2D eigenvalue weighted by molar-refractivity contribution is 8.07. The lowest BCUT2D eigenvalue weighted by molar-refractivity contribution is -0.0399.